The number of aromatic nitrogens is 1. The third-order valence-electron chi connectivity index (χ3n) is 3.37. The van der Waals surface area contributed by atoms with Crippen molar-refractivity contribution in [3.8, 4) is 0 Å². The van der Waals surface area contributed by atoms with Gasteiger partial charge in [-0.15, -0.1) is 0 Å². The highest BCUT2D eigenvalue weighted by molar-refractivity contribution is 5.94. The summed E-state index contributed by atoms with van der Waals surface area (Å²) in [7, 11) is 0. The van der Waals surface area contributed by atoms with Gasteiger partial charge in [-0.25, -0.2) is 0 Å². The van der Waals surface area contributed by atoms with Crippen LogP contribution in [0.15, 0.2) is 24.5 Å². The number of carbonyl (C=O) groups excluding carboxylic acids is 2. The van der Waals surface area contributed by atoms with Crippen LogP contribution in [0.4, 0.5) is 0 Å². The van der Waals surface area contributed by atoms with Gasteiger partial charge in [0.2, 0.25) is 5.91 Å². The van der Waals surface area contributed by atoms with Gasteiger partial charge in [0.15, 0.2) is 0 Å². The number of amides is 2. The predicted octanol–water partition coefficient (Wildman–Crippen LogP) is 1.17. The molecule has 102 valence electrons. The molecule has 1 aromatic heterocycles. The topological polar surface area (TPSA) is 53.5 Å². The minimum Gasteiger partial charge on any atom is -0.341 e. The molecule has 1 fully saturated rings. The summed E-state index contributed by atoms with van der Waals surface area (Å²) in [5, 5.41) is 0. The van der Waals surface area contributed by atoms with Crippen molar-refractivity contribution in [1.29, 1.82) is 0 Å². The van der Waals surface area contributed by atoms with Crippen LogP contribution in [0.1, 0.15) is 30.1 Å². The van der Waals surface area contributed by atoms with E-state index in [1.165, 1.54) is 0 Å². The molecular formula is C14H19N3O2. The Bertz CT molecular complexity index is 447. The van der Waals surface area contributed by atoms with Crippen LogP contribution in [0.5, 0.6) is 0 Å². The smallest absolute Gasteiger partial charge is 0.254 e. The zero-order valence-electron chi connectivity index (χ0n) is 11.2. The van der Waals surface area contributed by atoms with Crippen LogP contribution in [0, 0.1) is 0 Å². The molecule has 1 aromatic rings. The second-order valence-electron chi connectivity index (χ2n) is 4.62. The van der Waals surface area contributed by atoms with Gasteiger partial charge < -0.3 is 9.80 Å². The molecule has 0 radical (unpaired) electrons. The molecule has 0 aliphatic carbocycles. The van der Waals surface area contributed by atoms with E-state index in [1.54, 1.807) is 24.5 Å². The minimum absolute atomic E-state index is 0.0215. The summed E-state index contributed by atoms with van der Waals surface area (Å²) in [6.45, 7) is 4.55. The summed E-state index contributed by atoms with van der Waals surface area (Å²) in [5.74, 6) is 0.186. The number of hydrogen-bond acceptors (Lipinski definition) is 3. The van der Waals surface area contributed by atoms with Crippen LogP contribution in [0.3, 0.4) is 0 Å². The van der Waals surface area contributed by atoms with E-state index in [2.05, 4.69) is 4.98 Å². The largest absolute Gasteiger partial charge is 0.341 e. The maximum atomic E-state index is 12.3. The zero-order chi connectivity index (χ0) is 13.7. The number of rotatable bonds is 2. The minimum atomic E-state index is 0.0215. The maximum absolute atomic E-state index is 12.3. The number of carbonyl (C=O) groups is 2. The number of hydrogen-bond donors (Lipinski definition) is 0. The lowest BCUT2D eigenvalue weighted by Crippen LogP contribution is -2.37. The van der Waals surface area contributed by atoms with Crippen molar-refractivity contribution in [3.63, 3.8) is 0 Å². The van der Waals surface area contributed by atoms with Gasteiger partial charge in [-0.05, 0) is 18.6 Å². The van der Waals surface area contributed by atoms with Gasteiger partial charge in [0.05, 0.1) is 0 Å². The molecule has 5 nitrogen and oxygen atoms in total. The van der Waals surface area contributed by atoms with Crippen molar-refractivity contribution >= 4 is 11.8 Å². The lowest BCUT2D eigenvalue weighted by Gasteiger charge is -2.21. The molecule has 2 amide bonds. The van der Waals surface area contributed by atoms with E-state index in [4.69, 9.17) is 0 Å². The molecule has 0 N–H and O–H groups in total. The Hall–Kier alpha value is -1.91. The van der Waals surface area contributed by atoms with Gasteiger partial charge in [-0.3, -0.25) is 14.6 Å². The molecule has 2 rings (SSSR count). The maximum Gasteiger partial charge on any atom is 0.254 e. The SMILES string of the molecule is CCC(=O)N1CCCN(C(=O)c2ccncc2)CC1. The molecule has 0 saturated carbocycles. The highest BCUT2D eigenvalue weighted by Crippen LogP contribution is 2.09. The van der Waals surface area contributed by atoms with E-state index in [0.29, 0.717) is 31.6 Å². The Balaban J connectivity index is 2.00. The predicted molar refractivity (Wildman–Crippen MR) is 71.6 cm³/mol. The molecule has 5 heteroatoms. The summed E-state index contributed by atoms with van der Waals surface area (Å²) in [4.78, 5) is 31.6. The Kier molecular flexibility index (Phi) is 4.49. The summed E-state index contributed by atoms with van der Waals surface area (Å²) in [6.07, 6.45) is 4.61. The average Bonchev–Trinajstić information content (AvgIpc) is 2.72. The number of nitrogens with zero attached hydrogens (tertiary/aromatic N) is 3. The van der Waals surface area contributed by atoms with Crippen molar-refractivity contribution in [1.82, 2.24) is 14.8 Å². The first-order valence-electron chi connectivity index (χ1n) is 6.69. The Morgan fingerprint density at radius 2 is 1.74 bits per heavy atom. The van der Waals surface area contributed by atoms with Crippen LogP contribution in [-0.2, 0) is 4.79 Å². The van der Waals surface area contributed by atoms with E-state index in [0.717, 1.165) is 13.0 Å². The Morgan fingerprint density at radius 1 is 1.11 bits per heavy atom. The van der Waals surface area contributed by atoms with Crippen molar-refractivity contribution in [2.24, 2.45) is 0 Å². The van der Waals surface area contributed by atoms with Crippen LogP contribution < -0.4 is 0 Å². The monoisotopic (exact) mass is 261 g/mol. The van der Waals surface area contributed by atoms with Crippen molar-refractivity contribution in [2.45, 2.75) is 19.8 Å². The highest BCUT2D eigenvalue weighted by Gasteiger charge is 2.21. The summed E-state index contributed by atoms with van der Waals surface area (Å²) < 4.78 is 0. The third-order valence-corrected chi connectivity index (χ3v) is 3.37. The molecule has 19 heavy (non-hydrogen) atoms. The van der Waals surface area contributed by atoms with Crippen LogP contribution in [-0.4, -0.2) is 52.8 Å². The van der Waals surface area contributed by atoms with Gasteiger partial charge in [-0.1, -0.05) is 6.92 Å². The number of pyridine rings is 1. The van der Waals surface area contributed by atoms with Crippen LogP contribution >= 0.6 is 0 Å². The molecule has 1 aliphatic rings. The van der Waals surface area contributed by atoms with Crippen molar-refractivity contribution < 1.29 is 9.59 Å². The first-order valence-corrected chi connectivity index (χ1v) is 6.69. The van der Waals surface area contributed by atoms with E-state index in [-0.39, 0.29) is 11.8 Å². The van der Waals surface area contributed by atoms with E-state index in [9.17, 15) is 9.59 Å². The molecule has 0 aromatic carbocycles. The van der Waals surface area contributed by atoms with Crippen molar-refractivity contribution in [3.05, 3.63) is 30.1 Å². The van der Waals surface area contributed by atoms with Gasteiger partial charge in [-0.2, -0.15) is 0 Å². The summed E-state index contributed by atoms with van der Waals surface area (Å²) in [6, 6.07) is 3.45. The Morgan fingerprint density at radius 3 is 2.42 bits per heavy atom. The summed E-state index contributed by atoms with van der Waals surface area (Å²) >= 11 is 0. The van der Waals surface area contributed by atoms with Crippen LogP contribution in [0.2, 0.25) is 0 Å². The zero-order valence-corrected chi connectivity index (χ0v) is 11.2. The third kappa shape index (κ3) is 3.30. The first-order chi connectivity index (χ1) is 9.22. The normalized spacial score (nSPS) is 16.1. The second-order valence-corrected chi connectivity index (χ2v) is 4.62. The molecule has 1 saturated heterocycles. The fourth-order valence-electron chi connectivity index (χ4n) is 2.27. The standard InChI is InChI=1S/C14H19N3O2/c1-2-13(18)16-8-3-9-17(11-10-16)14(19)12-4-6-15-7-5-12/h4-7H,2-3,8-11H2,1H3. The first kappa shape index (κ1) is 13.5. The van der Waals surface area contributed by atoms with E-state index >= 15 is 0 Å². The molecule has 0 bridgehead atoms. The molecule has 2 heterocycles. The van der Waals surface area contributed by atoms with Gasteiger partial charge in [0, 0.05) is 50.6 Å². The van der Waals surface area contributed by atoms with Crippen LogP contribution in [0.25, 0.3) is 0 Å². The lowest BCUT2D eigenvalue weighted by molar-refractivity contribution is -0.130. The summed E-state index contributed by atoms with van der Waals surface area (Å²) in [5.41, 5.74) is 0.658. The Labute approximate surface area is 113 Å². The fraction of sp³-hybridized carbons (Fsp3) is 0.500. The second kappa shape index (κ2) is 6.31. The molecule has 0 atom stereocenters. The molecule has 1 aliphatic heterocycles. The molecule has 0 spiro atoms. The fourth-order valence-corrected chi connectivity index (χ4v) is 2.27. The van der Waals surface area contributed by atoms with Gasteiger partial charge in [0.1, 0.15) is 0 Å². The van der Waals surface area contributed by atoms with Gasteiger partial charge in [0.25, 0.3) is 5.91 Å². The highest BCUT2D eigenvalue weighted by atomic mass is 16.2. The average molecular weight is 261 g/mol. The quantitative estimate of drug-likeness (QED) is 0.803. The molecule has 0 unspecified atom stereocenters. The van der Waals surface area contributed by atoms with E-state index in [1.807, 2.05) is 16.7 Å². The van der Waals surface area contributed by atoms with Crippen molar-refractivity contribution in [2.75, 3.05) is 26.2 Å². The van der Waals surface area contributed by atoms with E-state index < -0.39 is 0 Å². The lowest BCUT2D eigenvalue weighted by atomic mass is 10.2. The van der Waals surface area contributed by atoms with Gasteiger partial charge >= 0.3 is 0 Å². The molecular weight excluding hydrogens is 242 g/mol.